The quantitative estimate of drug-likeness (QED) is 0.642. The Hall–Kier alpha value is -2.69. The van der Waals surface area contributed by atoms with Crippen LogP contribution >= 0.6 is 0 Å². The Labute approximate surface area is 154 Å². The van der Waals surface area contributed by atoms with Crippen LogP contribution in [0.25, 0.3) is 0 Å². The lowest BCUT2D eigenvalue weighted by atomic mass is 9.92. The predicted octanol–water partition coefficient (Wildman–Crippen LogP) is 4.29. The van der Waals surface area contributed by atoms with Gasteiger partial charge >= 0.3 is 5.97 Å². The van der Waals surface area contributed by atoms with Gasteiger partial charge in [0, 0.05) is 0 Å². The second-order valence-corrected chi connectivity index (χ2v) is 6.06. The van der Waals surface area contributed by atoms with Crippen molar-refractivity contribution in [3.8, 4) is 17.2 Å². The van der Waals surface area contributed by atoms with Gasteiger partial charge < -0.3 is 19.3 Å². The molecule has 2 aromatic carbocycles. The number of hydrogen-bond donors (Lipinski definition) is 1. The summed E-state index contributed by atoms with van der Waals surface area (Å²) in [6.07, 6.45) is 2.40. The van der Waals surface area contributed by atoms with Gasteiger partial charge in [-0.2, -0.15) is 0 Å². The minimum Gasteiger partial charge on any atom is -0.497 e. The summed E-state index contributed by atoms with van der Waals surface area (Å²) in [6, 6.07) is 12.7. The van der Waals surface area contributed by atoms with E-state index in [4.69, 9.17) is 14.2 Å². The first-order valence-electron chi connectivity index (χ1n) is 8.75. The first-order chi connectivity index (χ1) is 12.6. The zero-order valence-electron chi connectivity index (χ0n) is 15.5. The highest BCUT2D eigenvalue weighted by Crippen LogP contribution is 2.31. The largest absolute Gasteiger partial charge is 0.497 e. The summed E-state index contributed by atoms with van der Waals surface area (Å²) in [5.74, 6) is 0.501. The maximum atomic E-state index is 11.8. The molecule has 5 heteroatoms. The minimum absolute atomic E-state index is 0.368. The van der Waals surface area contributed by atoms with Crippen LogP contribution in [-0.2, 0) is 11.2 Å². The van der Waals surface area contributed by atoms with Gasteiger partial charge in [-0.3, -0.25) is 4.79 Å². The van der Waals surface area contributed by atoms with Gasteiger partial charge in [0.05, 0.1) is 26.7 Å². The summed E-state index contributed by atoms with van der Waals surface area (Å²) >= 11 is 0. The molecule has 0 aliphatic heterocycles. The standard InChI is InChI=1S/C21H26O5/c1-4-5-12-26-19-11-6-15(14-20(19)25-3)13-18(21(22)23)16-7-9-17(24-2)10-8-16/h6-11,14,18H,4-5,12-13H2,1-3H3,(H,22,23). The first kappa shape index (κ1) is 19.6. The van der Waals surface area contributed by atoms with Crippen molar-refractivity contribution in [1.82, 2.24) is 0 Å². The second kappa shape index (κ2) is 9.70. The van der Waals surface area contributed by atoms with Crippen LogP contribution in [0.1, 0.15) is 36.8 Å². The highest BCUT2D eigenvalue weighted by Gasteiger charge is 2.21. The maximum Gasteiger partial charge on any atom is 0.311 e. The normalized spacial score (nSPS) is 11.7. The molecule has 0 saturated carbocycles. The van der Waals surface area contributed by atoms with Crippen LogP contribution < -0.4 is 14.2 Å². The topological polar surface area (TPSA) is 65.0 Å². The molecule has 0 aliphatic carbocycles. The van der Waals surface area contributed by atoms with Gasteiger partial charge in [0.1, 0.15) is 5.75 Å². The summed E-state index contributed by atoms with van der Waals surface area (Å²) in [6.45, 7) is 2.74. The molecular weight excluding hydrogens is 332 g/mol. The van der Waals surface area contributed by atoms with Crippen LogP contribution in [0, 0.1) is 0 Å². The van der Waals surface area contributed by atoms with E-state index < -0.39 is 11.9 Å². The molecule has 0 aromatic heterocycles. The number of benzene rings is 2. The van der Waals surface area contributed by atoms with Crippen molar-refractivity contribution in [2.75, 3.05) is 20.8 Å². The summed E-state index contributed by atoms with van der Waals surface area (Å²) in [4.78, 5) is 11.8. The number of rotatable bonds is 10. The molecule has 2 aromatic rings. The van der Waals surface area contributed by atoms with E-state index in [0.717, 1.165) is 24.0 Å². The van der Waals surface area contributed by atoms with Crippen molar-refractivity contribution >= 4 is 5.97 Å². The summed E-state index contributed by atoms with van der Waals surface area (Å²) in [7, 11) is 3.17. The zero-order chi connectivity index (χ0) is 18.9. The fourth-order valence-corrected chi connectivity index (χ4v) is 2.70. The average molecular weight is 358 g/mol. The minimum atomic E-state index is -0.864. The van der Waals surface area contributed by atoms with Crippen LogP contribution in [0.4, 0.5) is 0 Å². The molecule has 0 saturated heterocycles. The van der Waals surface area contributed by atoms with Crippen molar-refractivity contribution in [3.63, 3.8) is 0 Å². The third-order valence-electron chi connectivity index (χ3n) is 4.24. The number of ether oxygens (including phenoxy) is 3. The Balaban J connectivity index is 2.18. The molecule has 0 bridgehead atoms. The van der Waals surface area contributed by atoms with E-state index in [-0.39, 0.29) is 0 Å². The van der Waals surface area contributed by atoms with Crippen molar-refractivity contribution in [2.45, 2.75) is 32.1 Å². The monoisotopic (exact) mass is 358 g/mol. The van der Waals surface area contributed by atoms with Gasteiger partial charge in [-0.05, 0) is 48.2 Å². The summed E-state index contributed by atoms with van der Waals surface area (Å²) in [5.41, 5.74) is 1.62. The molecule has 0 fully saturated rings. The Morgan fingerprint density at radius 1 is 1.04 bits per heavy atom. The molecule has 0 amide bonds. The molecule has 26 heavy (non-hydrogen) atoms. The third-order valence-corrected chi connectivity index (χ3v) is 4.24. The molecule has 0 radical (unpaired) electrons. The third kappa shape index (κ3) is 5.15. The lowest BCUT2D eigenvalue weighted by molar-refractivity contribution is -0.138. The molecule has 0 spiro atoms. The molecule has 1 N–H and O–H groups in total. The van der Waals surface area contributed by atoms with Crippen molar-refractivity contribution < 1.29 is 24.1 Å². The number of carbonyl (C=O) groups is 1. The fraction of sp³-hybridized carbons (Fsp3) is 0.381. The molecule has 5 nitrogen and oxygen atoms in total. The number of methoxy groups -OCH3 is 2. The Morgan fingerprint density at radius 2 is 1.77 bits per heavy atom. The van der Waals surface area contributed by atoms with Crippen LogP contribution in [0.5, 0.6) is 17.2 Å². The molecule has 2 rings (SSSR count). The van der Waals surface area contributed by atoms with E-state index in [2.05, 4.69) is 6.92 Å². The van der Waals surface area contributed by atoms with Crippen molar-refractivity contribution in [3.05, 3.63) is 53.6 Å². The number of unbranched alkanes of at least 4 members (excludes halogenated alkanes) is 1. The number of aliphatic carboxylic acids is 1. The zero-order valence-corrected chi connectivity index (χ0v) is 15.5. The van der Waals surface area contributed by atoms with Crippen LogP contribution in [0.15, 0.2) is 42.5 Å². The van der Waals surface area contributed by atoms with E-state index in [1.807, 2.05) is 18.2 Å². The predicted molar refractivity (Wildman–Crippen MR) is 100 cm³/mol. The smallest absolute Gasteiger partial charge is 0.311 e. The lowest BCUT2D eigenvalue weighted by Crippen LogP contribution is -2.14. The van der Waals surface area contributed by atoms with E-state index in [1.54, 1.807) is 38.5 Å². The van der Waals surface area contributed by atoms with Crippen molar-refractivity contribution in [2.24, 2.45) is 0 Å². The van der Waals surface area contributed by atoms with E-state index >= 15 is 0 Å². The SMILES string of the molecule is CCCCOc1ccc(CC(C(=O)O)c2ccc(OC)cc2)cc1OC. The Morgan fingerprint density at radius 3 is 2.35 bits per heavy atom. The van der Waals surface area contributed by atoms with Gasteiger partial charge in [-0.15, -0.1) is 0 Å². The first-order valence-corrected chi connectivity index (χ1v) is 8.75. The molecule has 0 aliphatic rings. The van der Waals surface area contributed by atoms with Gasteiger partial charge in [-0.25, -0.2) is 0 Å². The molecular formula is C21H26O5. The van der Waals surface area contributed by atoms with Crippen LogP contribution in [0.3, 0.4) is 0 Å². The lowest BCUT2D eigenvalue weighted by Gasteiger charge is -2.16. The highest BCUT2D eigenvalue weighted by molar-refractivity contribution is 5.76. The van der Waals surface area contributed by atoms with Gasteiger partial charge in [0.15, 0.2) is 11.5 Å². The molecule has 1 atom stereocenters. The van der Waals surface area contributed by atoms with E-state index in [1.165, 1.54) is 0 Å². The van der Waals surface area contributed by atoms with Crippen LogP contribution in [-0.4, -0.2) is 31.9 Å². The molecule has 1 unspecified atom stereocenters. The van der Waals surface area contributed by atoms with Crippen molar-refractivity contribution in [1.29, 1.82) is 0 Å². The van der Waals surface area contributed by atoms with Gasteiger partial charge in [-0.1, -0.05) is 31.5 Å². The van der Waals surface area contributed by atoms with Gasteiger partial charge in [0.2, 0.25) is 0 Å². The highest BCUT2D eigenvalue weighted by atomic mass is 16.5. The molecule has 0 heterocycles. The summed E-state index contributed by atoms with van der Waals surface area (Å²) in [5, 5.41) is 9.65. The number of carboxylic acid groups (broad SMARTS) is 1. The molecule has 140 valence electrons. The second-order valence-electron chi connectivity index (χ2n) is 6.06. The van der Waals surface area contributed by atoms with E-state index in [0.29, 0.717) is 30.3 Å². The maximum absolute atomic E-state index is 11.8. The number of hydrogen-bond acceptors (Lipinski definition) is 4. The van der Waals surface area contributed by atoms with E-state index in [9.17, 15) is 9.90 Å². The summed E-state index contributed by atoms with van der Waals surface area (Å²) < 4.78 is 16.3. The van der Waals surface area contributed by atoms with Crippen LogP contribution in [0.2, 0.25) is 0 Å². The number of carboxylic acids is 1. The average Bonchev–Trinajstić information content (AvgIpc) is 2.67. The Kier molecular flexibility index (Phi) is 7.33. The fourth-order valence-electron chi connectivity index (χ4n) is 2.70. The van der Waals surface area contributed by atoms with Gasteiger partial charge in [0.25, 0.3) is 0 Å². The Bertz CT molecular complexity index is 709.